The Labute approximate surface area is 193 Å². The minimum absolute atomic E-state index is 0.252. The lowest BCUT2D eigenvalue weighted by atomic mass is 9.52. The monoisotopic (exact) mass is 446 g/mol. The maximum atomic E-state index is 9.23. The van der Waals surface area contributed by atoms with Gasteiger partial charge in [0.2, 0.25) is 0 Å². The van der Waals surface area contributed by atoms with Gasteiger partial charge in [0.15, 0.2) is 6.79 Å². The summed E-state index contributed by atoms with van der Waals surface area (Å²) >= 11 is 0. The van der Waals surface area contributed by atoms with Gasteiger partial charge in [-0.2, -0.15) is 0 Å². The number of methoxy groups -OCH3 is 2. The summed E-state index contributed by atoms with van der Waals surface area (Å²) < 4.78 is 22.3. The molecule has 6 atom stereocenters. The molecule has 0 radical (unpaired) electrons. The van der Waals surface area contributed by atoms with Crippen molar-refractivity contribution in [3.63, 3.8) is 0 Å². The maximum absolute atomic E-state index is 9.23. The van der Waals surface area contributed by atoms with E-state index in [0.717, 1.165) is 37.4 Å². The van der Waals surface area contributed by atoms with E-state index >= 15 is 0 Å². The highest BCUT2D eigenvalue weighted by molar-refractivity contribution is 5.41. The summed E-state index contributed by atoms with van der Waals surface area (Å²) in [5, 5.41) is 9.23. The first-order valence-electron chi connectivity index (χ1n) is 12.6. The molecule has 0 bridgehead atoms. The van der Waals surface area contributed by atoms with Crippen LogP contribution in [-0.2, 0) is 20.6 Å². The fourth-order valence-electron chi connectivity index (χ4n) is 7.34. The molecule has 0 heterocycles. The van der Waals surface area contributed by atoms with Crippen molar-refractivity contribution in [2.24, 2.45) is 23.2 Å². The average molecular weight is 447 g/mol. The first kappa shape index (κ1) is 24.0. The van der Waals surface area contributed by atoms with Crippen LogP contribution in [0.4, 0.5) is 0 Å². The zero-order chi connectivity index (χ0) is 22.6. The largest absolute Gasteiger partial charge is 0.468 e. The van der Waals surface area contributed by atoms with E-state index in [-0.39, 0.29) is 5.41 Å². The van der Waals surface area contributed by atoms with Crippen molar-refractivity contribution < 1.29 is 24.1 Å². The minimum atomic E-state index is 0.252. The van der Waals surface area contributed by atoms with E-state index < -0.39 is 0 Å². The van der Waals surface area contributed by atoms with Gasteiger partial charge >= 0.3 is 0 Å². The molecule has 180 valence electrons. The molecule has 5 unspecified atom stereocenters. The normalized spacial score (nSPS) is 33.4. The summed E-state index contributed by atoms with van der Waals surface area (Å²) in [7, 11) is 3.38. The zero-order valence-corrected chi connectivity index (χ0v) is 20.2. The van der Waals surface area contributed by atoms with Gasteiger partial charge in [-0.3, -0.25) is 0 Å². The van der Waals surface area contributed by atoms with Crippen molar-refractivity contribution in [2.75, 3.05) is 34.4 Å². The Morgan fingerprint density at radius 1 is 1.03 bits per heavy atom. The van der Waals surface area contributed by atoms with Crippen LogP contribution in [0.1, 0.15) is 75.3 Å². The number of unbranched alkanes of at least 4 members (excludes halogenated alkanes) is 2. The summed E-state index contributed by atoms with van der Waals surface area (Å²) in [5.41, 5.74) is 3.28. The molecule has 5 nitrogen and oxygen atoms in total. The fourth-order valence-corrected chi connectivity index (χ4v) is 7.34. The van der Waals surface area contributed by atoms with E-state index in [4.69, 9.17) is 18.9 Å². The van der Waals surface area contributed by atoms with Gasteiger partial charge in [-0.1, -0.05) is 25.8 Å². The van der Waals surface area contributed by atoms with Crippen molar-refractivity contribution in [2.45, 2.75) is 76.7 Å². The van der Waals surface area contributed by atoms with E-state index in [1.807, 2.05) is 0 Å². The number of aliphatic hydroxyl groups is 1. The number of ether oxygens (including phenoxy) is 4. The van der Waals surface area contributed by atoms with Crippen LogP contribution in [0.25, 0.3) is 0 Å². The molecule has 0 aliphatic heterocycles. The molecule has 0 spiro atoms. The molecule has 0 aromatic heterocycles. The Balaban J connectivity index is 1.59. The van der Waals surface area contributed by atoms with Crippen molar-refractivity contribution in [1.82, 2.24) is 0 Å². The molecule has 0 amide bonds. The van der Waals surface area contributed by atoms with Crippen LogP contribution < -0.4 is 4.74 Å². The highest BCUT2D eigenvalue weighted by atomic mass is 16.7. The number of aliphatic hydroxyl groups excluding tert-OH is 1. The second-order valence-corrected chi connectivity index (χ2v) is 10.4. The van der Waals surface area contributed by atoms with Crippen LogP contribution in [0.5, 0.6) is 5.75 Å². The van der Waals surface area contributed by atoms with Gasteiger partial charge in [-0.25, -0.2) is 0 Å². The van der Waals surface area contributed by atoms with Gasteiger partial charge in [0.1, 0.15) is 12.5 Å². The SMILES string of the molecule is COCOc1ccc2c(c1)C[C@@H](CCCCCO)C1C2CCC2(C)C(OCOC)CCC12. The van der Waals surface area contributed by atoms with E-state index in [1.54, 1.807) is 19.8 Å². The summed E-state index contributed by atoms with van der Waals surface area (Å²) in [4.78, 5) is 0. The number of hydrogen-bond acceptors (Lipinski definition) is 5. The van der Waals surface area contributed by atoms with Crippen LogP contribution in [-0.4, -0.2) is 45.6 Å². The second kappa shape index (κ2) is 10.9. The summed E-state index contributed by atoms with van der Waals surface area (Å²) in [6.07, 6.45) is 10.8. The van der Waals surface area contributed by atoms with Gasteiger partial charge < -0.3 is 24.1 Å². The molecule has 5 heteroatoms. The lowest BCUT2D eigenvalue weighted by Crippen LogP contribution is -2.47. The van der Waals surface area contributed by atoms with E-state index in [9.17, 15) is 5.11 Å². The van der Waals surface area contributed by atoms with Crippen molar-refractivity contribution in [1.29, 1.82) is 0 Å². The van der Waals surface area contributed by atoms with E-state index in [1.165, 1.54) is 37.7 Å². The van der Waals surface area contributed by atoms with Crippen LogP contribution in [0.3, 0.4) is 0 Å². The van der Waals surface area contributed by atoms with Gasteiger partial charge in [0.05, 0.1) is 6.10 Å². The third-order valence-electron chi connectivity index (χ3n) is 8.75. The second-order valence-electron chi connectivity index (χ2n) is 10.4. The molecule has 3 aliphatic rings. The highest BCUT2D eigenvalue weighted by Crippen LogP contribution is 2.63. The zero-order valence-electron chi connectivity index (χ0n) is 20.2. The quantitative estimate of drug-likeness (QED) is 0.370. The summed E-state index contributed by atoms with van der Waals surface area (Å²) in [6, 6.07) is 6.72. The third-order valence-corrected chi connectivity index (χ3v) is 8.75. The smallest absolute Gasteiger partial charge is 0.188 e. The van der Waals surface area contributed by atoms with Crippen LogP contribution >= 0.6 is 0 Å². The molecule has 1 aromatic carbocycles. The summed E-state index contributed by atoms with van der Waals surface area (Å²) in [6.45, 7) is 3.48. The lowest BCUT2D eigenvalue weighted by Gasteiger charge is -2.53. The predicted octanol–water partition coefficient (Wildman–Crippen LogP) is 5.29. The molecule has 1 N–H and O–H groups in total. The van der Waals surface area contributed by atoms with Gasteiger partial charge in [-0.15, -0.1) is 0 Å². The fraction of sp³-hybridized carbons (Fsp3) is 0.778. The maximum Gasteiger partial charge on any atom is 0.188 e. The molecular formula is C27H42O5. The molecule has 32 heavy (non-hydrogen) atoms. The molecule has 4 rings (SSSR count). The predicted molar refractivity (Wildman–Crippen MR) is 125 cm³/mol. The van der Waals surface area contributed by atoms with E-state index in [0.29, 0.717) is 44.1 Å². The number of benzene rings is 1. The number of rotatable bonds is 11. The first-order valence-corrected chi connectivity index (χ1v) is 12.6. The van der Waals surface area contributed by atoms with Crippen LogP contribution in [0.15, 0.2) is 18.2 Å². The third kappa shape index (κ3) is 4.72. The summed E-state index contributed by atoms with van der Waals surface area (Å²) in [5.74, 6) is 3.67. The van der Waals surface area contributed by atoms with Crippen molar-refractivity contribution in [3.05, 3.63) is 29.3 Å². The van der Waals surface area contributed by atoms with Gasteiger partial charge in [0, 0.05) is 20.8 Å². The molecule has 1 aromatic rings. The highest BCUT2D eigenvalue weighted by Gasteiger charge is 2.57. The number of hydrogen-bond donors (Lipinski definition) is 1. The minimum Gasteiger partial charge on any atom is -0.468 e. The molecule has 0 saturated heterocycles. The van der Waals surface area contributed by atoms with Gasteiger partial charge in [-0.05, 0) is 97.3 Å². The Morgan fingerprint density at radius 2 is 1.88 bits per heavy atom. The van der Waals surface area contributed by atoms with Crippen LogP contribution in [0.2, 0.25) is 0 Å². The number of fused-ring (bicyclic) bond motifs is 5. The van der Waals surface area contributed by atoms with Crippen molar-refractivity contribution in [3.8, 4) is 5.75 Å². The Hall–Kier alpha value is -1.14. The van der Waals surface area contributed by atoms with E-state index in [2.05, 4.69) is 25.1 Å². The molecule has 2 fully saturated rings. The average Bonchev–Trinajstić information content (AvgIpc) is 3.14. The standard InChI is InChI=1S/C27H42O5/c1-27-13-12-23-22-9-8-21(31-17-29-2)16-20(22)15-19(7-5-4-6-14-28)26(23)24(27)10-11-25(27)32-18-30-3/h8-9,16,19,23-26,28H,4-7,10-15,17-18H2,1-3H3/t19-,23?,24?,25?,26?,27?/m1/s1. The van der Waals surface area contributed by atoms with Crippen molar-refractivity contribution >= 4 is 0 Å². The Bertz CT molecular complexity index is 737. The molecule has 2 saturated carbocycles. The van der Waals surface area contributed by atoms with Crippen LogP contribution in [0, 0.1) is 23.2 Å². The molecular weight excluding hydrogens is 404 g/mol. The topological polar surface area (TPSA) is 57.2 Å². The van der Waals surface area contributed by atoms with Gasteiger partial charge in [0.25, 0.3) is 0 Å². The Morgan fingerprint density at radius 3 is 2.66 bits per heavy atom. The first-order chi connectivity index (χ1) is 15.6. The molecule has 3 aliphatic carbocycles. The lowest BCUT2D eigenvalue weighted by molar-refractivity contribution is -0.128. The Kier molecular flexibility index (Phi) is 8.14.